The summed E-state index contributed by atoms with van der Waals surface area (Å²) in [4.78, 5) is 18.9. The molecule has 8 nitrogen and oxygen atoms in total. The molecule has 2 aromatic rings. The summed E-state index contributed by atoms with van der Waals surface area (Å²) in [5, 5.41) is 9.16. The molecule has 3 rings (SSSR count). The van der Waals surface area contributed by atoms with E-state index in [9.17, 15) is 9.35 Å². The van der Waals surface area contributed by atoms with Gasteiger partial charge in [0.05, 0.1) is 11.4 Å². The number of nitrogens with zero attached hydrogens (tertiary/aromatic N) is 2. The van der Waals surface area contributed by atoms with E-state index in [2.05, 4.69) is 24.1 Å². The van der Waals surface area contributed by atoms with Crippen LogP contribution in [-0.2, 0) is 22.7 Å². The summed E-state index contributed by atoms with van der Waals surface area (Å²) in [5.74, 6) is 1.43. The fourth-order valence-corrected chi connectivity index (χ4v) is 4.85. The molecule has 3 N–H and O–H groups in total. The number of benzene rings is 1. The Balaban J connectivity index is 1.49. The van der Waals surface area contributed by atoms with Gasteiger partial charge in [0.15, 0.2) is 5.75 Å². The lowest BCUT2D eigenvalue weighted by atomic mass is 9.93. The van der Waals surface area contributed by atoms with Gasteiger partial charge in [-0.15, -0.1) is 5.14 Å². The molecule has 0 bridgehead atoms. The van der Waals surface area contributed by atoms with Crippen molar-refractivity contribution >= 4 is 23.3 Å². The Morgan fingerprint density at radius 3 is 2.63 bits per heavy atom. The number of likely N-dealkylation sites (tertiary alicyclic amines) is 1. The lowest BCUT2D eigenvalue weighted by molar-refractivity contribution is 0.0131. The molecule has 1 fully saturated rings. The second kappa shape index (κ2) is 11.5. The number of amides is 1. The molecule has 35 heavy (non-hydrogen) atoms. The number of hydrogen-bond acceptors (Lipinski definition) is 7. The lowest BCUT2D eigenvalue weighted by Crippen LogP contribution is -2.45. The van der Waals surface area contributed by atoms with E-state index in [1.165, 1.54) is 0 Å². The maximum Gasteiger partial charge on any atom is 0.410 e. The molecule has 1 aliphatic rings. The van der Waals surface area contributed by atoms with E-state index in [1.807, 2.05) is 56.0 Å². The summed E-state index contributed by atoms with van der Waals surface area (Å²) >= 11 is -1.77. The molecule has 1 aromatic heterocycles. The Morgan fingerprint density at radius 1 is 1.26 bits per heavy atom. The molecule has 2 atom stereocenters. The van der Waals surface area contributed by atoms with Crippen molar-refractivity contribution in [1.29, 1.82) is 0 Å². The van der Waals surface area contributed by atoms with E-state index in [1.54, 1.807) is 12.1 Å². The van der Waals surface area contributed by atoms with E-state index in [4.69, 9.17) is 14.6 Å². The SMILES string of the molecule is CC(C)(C)OC(=O)N1CC(CCCNc2ccc(OCc3ccccc3)c([S+](N)[O-])n2)CC1(C)C. The van der Waals surface area contributed by atoms with Gasteiger partial charge in [0, 0.05) is 18.6 Å². The summed E-state index contributed by atoms with van der Waals surface area (Å²) in [7, 11) is 0. The van der Waals surface area contributed by atoms with Gasteiger partial charge in [-0.2, -0.15) is 4.98 Å². The van der Waals surface area contributed by atoms with Gasteiger partial charge in [-0.05, 0) is 77.5 Å². The molecular weight excluding hydrogens is 464 g/mol. The maximum absolute atomic E-state index is 12.6. The van der Waals surface area contributed by atoms with Gasteiger partial charge < -0.3 is 24.2 Å². The minimum atomic E-state index is -1.77. The average molecular weight is 503 g/mol. The van der Waals surface area contributed by atoms with Crippen LogP contribution in [0.3, 0.4) is 0 Å². The van der Waals surface area contributed by atoms with Crippen molar-refractivity contribution in [3.8, 4) is 5.75 Å². The third kappa shape index (κ3) is 8.02. The number of ether oxygens (including phenoxy) is 2. The number of nitrogens with two attached hydrogens (primary N) is 1. The first-order chi connectivity index (χ1) is 16.4. The van der Waals surface area contributed by atoms with Crippen LogP contribution in [0.2, 0.25) is 0 Å². The first kappa shape index (κ1) is 27.1. The molecule has 0 saturated carbocycles. The number of nitrogens with one attached hydrogen (secondary N) is 1. The van der Waals surface area contributed by atoms with Gasteiger partial charge in [-0.25, -0.2) is 4.79 Å². The zero-order chi connectivity index (χ0) is 25.6. The van der Waals surface area contributed by atoms with Gasteiger partial charge in [0.1, 0.15) is 18.0 Å². The highest BCUT2D eigenvalue weighted by Gasteiger charge is 2.42. The van der Waals surface area contributed by atoms with Crippen molar-refractivity contribution in [2.24, 2.45) is 11.1 Å². The molecule has 9 heteroatoms. The molecule has 0 aliphatic carbocycles. The van der Waals surface area contributed by atoms with Crippen LogP contribution in [0.25, 0.3) is 0 Å². The minimum Gasteiger partial charge on any atom is -0.592 e. The van der Waals surface area contributed by atoms with E-state index in [0.717, 1.165) is 24.8 Å². The third-order valence-electron chi connectivity index (χ3n) is 5.92. The Morgan fingerprint density at radius 2 is 1.97 bits per heavy atom. The van der Waals surface area contributed by atoms with E-state index in [-0.39, 0.29) is 16.7 Å². The Bertz CT molecular complexity index is 979. The number of carbonyl (C=O) groups excluding carboxylic acids is 1. The van der Waals surface area contributed by atoms with Gasteiger partial charge in [0.2, 0.25) is 0 Å². The molecule has 1 aliphatic heterocycles. The average Bonchev–Trinajstić information content (AvgIpc) is 3.09. The van der Waals surface area contributed by atoms with Crippen molar-refractivity contribution < 1.29 is 18.8 Å². The second-order valence-electron chi connectivity index (χ2n) is 10.6. The molecule has 2 heterocycles. The third-order valence-corrected chi connectivity index (χ3v) is 6.60. The molecule has 0 spiro atoms. The van der Waals surface area contributed by atoms with Crippen LogP contribution in [0, 0.1) is 5.92 Å². The summed E-state index contributed by atoms with van der Waals surface area (Å²) in [6.45, 7) is 11.6. The molecule has 192 valence electrons. The zero-order valence-electron chi connectivity index (χ0n) is 21.4. The van der Waals surface area contributed by atoms with E-state index < -0.39 is 17.0 Å². The highest BCUT2D eigenvalue weighted by molar-refractivity contribution is 7.89. The number of hydrogen-bond donors (Lipinski definition) is 2. The molecule has 0 radical (unpaired) electrons. The van der Waals surface area contributed by atoms with Crippen LogP contribution in [0.1, 0.15) is 59.4 Å². The van der Waals surface area contributed by atoms with Crippen LogP contribution in [0.5, 0.6) is 5.75 Å². The smallest absolute Gasteiger partial charge is 0.410 e. The molecule has 1 amide bonds. The van der Waals surface area contributed by atoms with Gasteiger partial charge in [-0.1, -0.05) is 30.3 Å². The molecular formula is C26H38N4O4S. The summed E-state index contributed by atoms with van der Waals surface area (Å²) in [6.07, 6.45) is 2.58. The van der Waals surface area contributed by atoms with Crippen LogP contribution in [0.4, 0.5) is 10.6 Å². The van der Waals surface area contributed by atoms with Crippen LogP contribution in [-0.4, -0.2) is 44.8 Å². The quantitative estimate of drug-likeness (QED) is 0.371. The molecule has 1 saturated heterocycles. The van der Waals surface area contributed by atoms with Crippen LogP contribution in [0.15, 0.2) is 47.5 Å². The van der Waals surface area contributed by atoms with Crippen molar-refractivity contribution in [2.75, 3.05) is 18.4 Å². The topological polar surface area (TPSA) is 113 Å². The zero-order valence-corrected chi connectivity index (χ0v) is 22.2. The fraction of sp³-hybridized carbons (Fsp3) is 0.538. The Hall–Kier alpha value is -2.49. The van der Waals surface area contributed by atoms with Gasteiger partial charge in [0.25, 0.3) is 0 Å². The standard InChI is InChI=1S/C26H38N4O4S/c1-25(2,3)34-24(31)30-17-20(16-26(30,4)5)12-9-15-28-22-14-13-21(23(29-22)35(27)32)33-18-19-10-7-6-8-11-19/h6-8,10-11,13-14,20H,9,12,15-18,27H2,1-5H3,(H,28,29). The fourth-order valence-electron chi connectivity index (χ4n) is 4.34. The molecule has 2 unspecified atom stereocenters. The van der Waals surface area contributed by atoms with E-state index >= 15 is 0 Å². The Labute approximate surface area is 211 Å². The van der Waals surface area contributed by atoms with Crippen molar-refractivity contribution in [3.05, 3.63) is 48.0 Å². The highest BCUT2D eigenvalue weighted by atomic mass is 32.2. The van der Waals surface area contributed by atoms with Crippen molar-refractivity contribution in [1.82, 2.24) is 9.88 Å². The number of rotatable bonds is 9. The number of carbonyl (C=O) groups is 1. The Kier molecular flexibility index (Phi) is 8.90. The number of pyridine rings is 1. The first-order valence-corrected chi connectivity index (χ1v) is 13.2. The summed E-state index contributed by atoms with van der Waals surface area (Å²) < 4.78 is 23.4. The van der Waals surface area contributed by atoms with Gasteiger partial charge in [-0.3, -0.25) is 0 Å². The second-order valence-corrected chi connectivity index (χ2v) is 11.6. The summed E-state index contributed by atoms with van der Waals surface area (Å²) in [6, 6.07) is 13.3. The van der Waals surface area contributed by atoms with Crippen LogP contribution < -0.4 is 15.2 Å². The number of aromatic nitrogens is 1. The first-order valence-electron chi connectivity index (χ1n) is 12.0. The van der Waals surface area contributed by atoms with Gasteiger partial charge >= 0.3 is 11.1 Å². The number of anilines is 1. The monoisotopic (exact) mass is 502 g/mol. The van der Waals surface area contributed by atoms with Crippen LogP contribution >= 0.6 is 0 Å². The van der Waals surface area contributed by atoms with Crippen molar-refractivity contribution in [3.63, 3.8) is 0 Å². The summed E-state index contributed by atoms with van der Waals surface area (Å²) in [5.41, 5.74) is 0.275. The largest absolute Gasteiger partial charge is 0.592 e. The van der Waals surface area contributed by atoms with Crippen molar-refractivity contribution in [2.45, 2.75) is 76.7 Å². The predicted molar refractivity (Wildman–Crippen MR) is 138 cm³/mol. The highest BCUT2D eigenvalue weighted by Crippen LogP contribution is 2.36. The minimum absolute atomic E-state index is 0.219. The lowest BCUT2D eigenvalue weighted by Gasteiger charge is -2.33. The van der Waals surface area contributed by atoms with E-state index in [0.29, 0.717) is 37.2 Å². The maximum atomic E-state index is 12.6. The molecule has 1 aromatic carbocycles. The normalized spacial score (nSPS) is 18.3. The predicted octanol–water partition coefficient (Wildman–Crippen LogP) is 4.87.